The lowest BCUT2D eigenvalue weighted by Gasteiger charge is -2.34. The van der Waals surface area contributed by atoms with Crippen LogP contribution in [0.15, 0.2) is 41.5 Å². The van der Waals surface area contributed by atoms with Crippen molar-refractivity contribution in [3.8, 4) is 11.3 Å². The lowest BCUT2D eigenvalue weighted by molar-refractivity contribution is -0.0288. The predicted molar refractivity (Wildman–Crippen MR) is 133 cm³/mol. The average Bonchev–Trinajstić information content (AvgIpc) is 3.31. The SMILES string of the molecule is Cc1nc2c(-c3ccc(Cl)cc3F)nc(N3CCO[C@@H](c4cnn(C5COC5)c4)C3)cc2c(=O)n1C. The van der Waals surface area contributed by atoms with Gasteiger partial charge in [0.2, 0.25) is 0 Å². The van der Waals surface area contributed by atoms with E-state index in [0.717, 1.165) is 5.56 Å². The van der Waals surface area contributed by atoms with Crippen LogP contribution < -0.4 is 10.5 Å². The van der Waals surface area contributed by atoms with Gasteiger partial charge in [-0.15, -0.1) is 0 Å². The zero-order valence-corrected chi connectivity index (χ0v) is 20.6. The summed E-state index contributed by atoms with van der Waals surface area (Å²) in [5.74, 6) is 0.543. The Labute approximate surface area is 211 Å². The van der Waals surface area contributed by atoms with E-state index in [1.54, 1.807) is 32.2 Å². The third-order valence-corrected chi connectivity index (χ3v) is 7.07. The van der Waals surface area contributed by atoms with Crippen LogP contribution in [0.4, 0.5) is 10.2 Å². The van der Waals surface area contributed by atoms with Crippen LogP contribution in [0.3, 0.4) is 0 Å². The summed E-state index contributed by atoms with van der Waals surface area (Å²) in [5, 5.41) is 5.12. The molecule has 0 spiro atoms. The molecule has 36 heavy (non-hydrogen) atoms. The number of morpholine rings is 1. The van der Waals surface area contributed by atoms with E-state index in [1.165, 1.54) is 10.6 Å². The molecule has 1 atom stereocenters. The van der Waals surface area contributed by atoms with E-state index < -0.39 is 5.82 Å². The van der Waals surface area contributed by atoms with Crippen LogP contribution in [-0.2, 0) is 16.5 Å². The Morgan fingerprint density at radius 2 is 2.03 bits per heavy atom. The second kappa shape index (κ2) is 8.95. The first kappa shape index (κ1) is 23.1. The minimum Gasteiger partial charge on any atom is -0.377 e. The van der Waals surface area contributed by atoms with Gasteiger partial charge < -0.3 is 14.4 Å². The van der Waals surface area contributed by atoms with Gasteiger partial charge in [0.05, 0.1) is 37.4 Å². The number of hydrogen-bond donors (Lipinski definition) is 0. The number of pyridine rings is 1. The molecule has 5 heterocycles. The second-order valence-electron chi connectivity index (χ2n) is 9.12. The molecule has 9 nitrogen and oxygen atoms in total. The van der Waals surface area contributed by atoms with Gasteiger partial charge >= 0.3 is 0 Å². The number of benzene rings is 1. The Bertz CT molecular complexity index is 1530. The normalized spacial score (nSPS) is 18.6. The van der Waals surface area contributed by atoms with E-state index in [2.05, 4.69) is 10.1 Å². The van der Waals surface area contributed by atoms with Gasteiger partial charge in [0.15, 0.2) is 0 Å². The van der Waals surface area contributed by atoms with Crippen LogP contribution in [0.5, 0.6) is 0 Å². The number of rotatable bonds is 4. The van der Waals surface area contributed by atoms with E-state index in [4.69, 9.17) is 26.1 Å². The molecule has 2 saturated heterocycles. The molecule has 6 rings (SSSR count). The van der Waals surface area contributed by atoms with Gasteiger partial charge in [0.25, 0.3) is 5.56 Å². The van der Waals surface area contributed by atoms with Crippen LogP contribution in [0.1, 0.15) is 23.5 Å². The zero-order valence-electron chi connectivity index (χ0n) is 19.8. The molecule has 11 heteroatoms. The standard InChI is InChI=1S/C25H24ClFN6O3/c1-14-29-24-19(25(34)31(14)2)8-22(30-23(24)18-4-3-16(26)7-20(18)27)32-5-6-36-21(11-32)15-9-28-33(10-15)17-12-35-13-17/h3-4,7-10,17,21H,5-6,11-13H2,1-2H3/t21-/m1/s1. The van der Waals surface area contributed by atoms with Gasteiger partial charge in [-0.2, -0.15) is 5.10 Å². The Morgan fingerprint density at radius 3 is 2.78 bits per heavy atom. The van der Waals surface area contributed by atoms with Crippen LogP contribution in [-0.4, -0.2) is 57.2 Å². The van der Waals surface area contributed by atoms with Crippen molar-refractivity contribution < 1.29 is 13.9 Å². The summed E-state index contributed by atoms with van der Waals surface area (Å²) in [6.45, 7) is 4.60. The first-order valence-corrected chi connectivity index (χ1v) is 12.1. The van der Waals surface area contributed by atoms with Gasteiger partial charge in [-0.05, 0) is 31.2 Å². The fraction of sp³-hybridized carbons (Fsp3) is 0.360. The van der Waals surface area contributed by atoms with Gasteiger partial charge in [-0.3, -0.25) is 14.0 Å². The summed E-state index contributed by atoms with van der Waals surface area (Å²) in [7, 11) is 1.67. The number of aromatic nitrogens is 5. The number of halogens is 2. The maximum Gasteiger partial charge on any atom is 0.261 e. The van der Waals surface area contributed by atoms with Crippen LogP contribution in [0.2, 0.25) is 5.02 Å². The number of nitrogens with zero attached hydrogens (tertiary/aromatic N) is 6. The summed E-state index contributed by atoms with van der Waals surface area (Å²) >= 11 is 5.99. The molecule has 0 bridgehead atoms. The summed E-state index contributed by atoms with van der Waals surface area (Å²) in [6, 6.07) is 6.39. The lowest BCUT2D eigenvalue weighted by Crippen LogP contribution is -2.39. The largest absolute Gasteiger partial charge is 0.377 e. The molecular weight excluding hydrogens is 487 g/mol. The molecule has 4 aromatic rings. The third kappa shape index (κ3) is 3.95. The Kier molecular flexibility index (Phi) is 5.74. The Morgan fingerprint density at radius 1 is 1.19 bits per heavy atom. The number of aryl methyl sites for hydroxylation is 1. The summed E-state index contributed by atoms with van der Waals surface area (Å²) in [6.07, 6.45) is 3.59. The van der Waals surface area contributed by atoms with Crippen molar-refractivity contribution in [1.29, 1.82) is 0 Å². The predicted octanol–water partition coefficient (Wildman–Crippen LogP) is 3.44. The molecule has 186 valence electrons. The van der Waals surface area contributed by atoms with Crippen molar-refractivity contribution in [2.24, 2.45) is 7.05 Å². The molecule has 0 radical (unpaired) electrons. The molecule has 1 aromatic carbocycles. The molecule has 2 aliphatic rings. The lowest BCUT2D eigenvalue weighted by atomic mass is 10.1. The first-order valence-electron chi connectivity index (χ1n) is 11.7. The summed E-state index contributed by atoms with van der Waals surface area (Å²) in [5.41, 5.74) is 1.64. The van der Waals surface area contributed by atoms with Crippen molar-refractivity contribution in [3.05, 3.63) is 69.2 Å². The molecule has 0 saturated carbocycles. The molecule has 0 aliphatic carbocycles. The van der Waals surface area contributed by atoms with Crippen LogP contribution in [0.25, 0.3) is 22.2 Å². The topological polar surface area (TPSA) is 87.3 Å². The highest BCUT2D eigenvalue weighted by molar-refractivity contribution is 6.30. The van der Waals surface area contributed by atoms with Gasteiger partial charge in [0.1, 0.15) is 34.8 Å². The Balaban J connectivity index is 1.43. The van der Waals surface area contributed by atoms with E-state index in [0.29, 0.717) is 61.1 Å². The number of hydrogen-bond acceptors (Lipinski definition) is 7. The average molecular weight is 511 g/mol. The van der Waals surface area contributed by atoms with Crippen LogP contribution >= 0.6 is 11.6 Å². The quantitative estimate of drug-likeness (QED) is 0.415. The highest BCUT2D eigenvalue weighted by Crippen LogP contribution is 2.33. The maximum absolute atomic E-state index is 15.0. The molecule has 0 unspecified atom stereocenters. The van der Waals surface area contributed by atoms with Gasteiger partial charge in [-0.25, -0.2) is 14.4 Å². The fourth-order valence-electron chi connectivity index (χ4n) is 4.55. The van der Waals surface area contributed by atoms with Crippen molar-refractivity contribution in [2.75, 3.05) is 37.8 Å². The molecular formula is C25H24ClFN6O3. The van der Waals surface area contributed by atoms with Gasteiger partial charge in [-0.1, -0.05) is 11.6 Å². The number of ether oxygens (including phenoxy) is 2. The van der Waals surface area contributed by atoms with Gasteiger partial charge in [0, 0.05) is 42.5 Å². The molecule has 0 N–H and O–H groups in total. The summed E-state index contributed by atoms with van der Waals surface area (Å²) < 4.78 is 29.7. The van der Waals surface area contributed by atoms with E-state index in [1.807, 2.05) is 22.0 Å². The zero-order chi connectivity index (χ0) is 25.0. The Hall–Kier alpha value is -3.34. The molecule has 0 amide bonds. The minimum atomic E-state index is -0.527. The van der Waals surface area contributed by atoms with E-state index >= 15 is 4.39 Å². The van der Waals surface area contributed by atoms with Crippen molar-refractivity contribution in [1.82, 2.24) is 24.3 Å². The molecule has 3 aromatic heterocycles. The first-order chi connectivity index (χ1) is 17.4. The second-order valence-corrected chi connectivity index (χ2v) is 9.56. The molecule has 2 aliphatic heterocycles. The van der Waals surface area contributed by atoms with E-state index in [9.17, 15) is 4.79 Å². The van der Waals surface area contributed by atoms with E-state index in [-0.39, 0.29) is 28.3 Å². The minimum absolute atomic E-state index is 0.217. The monoisotopic (exact) mass is 510 g/mol. The fourth-order valence-corrected chi connectivity index (χ4v) is 4.71. The van der Waals surface area contributed by atoms with Crippen molar-refractivity contribution >= 4 is 28.3 Å². The number of fused-ring (bicyclic) bond motifs is 1. The third-order valence-electron chi connectivity index (χ3n) is 6.84. The van der Waals surface area contributed by atoms with Crippen molar-refractivity contribution in [2.45, 2.75) is 19.1 Å². The summed E-state index contributed by atoms with van der Waals surface area (Å²) in [4.78, 5) is 24.7. The highest BCUT2D eigenvalue weighted by Gasteiger charge is 2.28. The number of anilines is 1. The van der Waals surface area contributed by atoms with Crippen molar-refractivity contribution in [3.63, 3.8) is 0 Å². The smallest absolute Gasteiger partial charge is 0.261 e. The highest BCUT2D eigenvalue weighted by atomic mass is 35.5. The molecule has 2 fully saturated rings. The van der Waals surface area contributed by atoms with Crippen LogP contribution in [0, 0.1) is 12.7 Å². The maximum atomic E-state index is 15.0.